The Labute approximate surface area is 127 Å². The number of nitrogens with zero attached hydrogens (tertiary/aromatic N) is 1. The van der Waals surface area contributed by atoms with Gasteiger partial charge in [0.2, 0.25) is 5.91 Å². The highest BCUT2D eigenvalue weighted by molar-refractivity contribution is 5.86. The van der Waals surface area contributed by atoms with Crippen molar-refractivity contribution in [1.29, 1.82) is 0 Å². The highest BCUT2D eigenvalue weighted by Gasteiger charge is 2.39. The summed E-state index contributed by atoms with van der Waals surface area (Å²) in [5.41, 5.74) is -0.532. The maximum absolute atomic E-state index is 12.5. The van der Waals surface area contributed by atoms with E-state index in [9.17, 15) is 9.59 Å². The predicted molar refractivity (Wildman–Crippen MR) is 80.9 cm³/mol. The van der Waals surface area contributed by atoms with Gasteiger partial charge in [-0.3, -0.25) is 9.69 Å². The summed E-state index contributed by atoms with van der Waals surface area (Å²) in [6.45, 7) is 8.29. The molecular weight excluding hydrogens is 268 g/mol. The average molecular weight is 296 g/mol. The summed E-state index contributed by atoms with van der Waals surface area (Å²) < 4.78 is 5.46. The zero-order chi connectivity index (χ0) is 15.6. The normalized spacial score (nSPS) is 29.5. The van der Waals surface area contributed by atoms with Gasteiger partial charge in [0.15, 0.2) is 0 Å². The lowest BCUT2D eigenvalue weighted by atomic mass is 10.1. The molecule has 1 heterocycles. The molecule has 2 rings (SSSR count). The van der Waals surface area contributed by atoms with Gasteiger partial charge >= 0.3 is 6.09 Å². The summed E-state index contributed by atoms with van der Waals surface area (Å²) in [5, 5.41) is 3.06. The fourth-order valence-electron chi connectivity index (χ4n) is 2.72. The second-order valence-corrected chi connectivity index (χ2v) is 7.37. The SMILES string of the molecule is C[C@@H]1C[C@H]1NC(=O)[C@H]1CCCCCN1C(=O)OC(C)(C)C. The maximum Gasteiger partial charge on any atom is 0.410 e. The number of likely N-dealkylation sites (tertiary alicyclic amines) is 1. The molecule has 120 valence electrons. The Bertz CT molecular complexity index is 403. The van der Waals surface area contributed by atoms with E-state index in [2.05, 4.69) is 12.2 Å². The van der Waals surface area contributed by atoms with E-state index in [1.54, 1.807) is 4.90 Å². The van der Waals surface area contributed by atoms with Gasteiger partial charge in [-0.15, -0.1) is 0 Å². The molecule has 1 saturated carbocycles. The second-order valence-electron chi connectivity index (χ2n) is 7.37. The Balaban J connectivity index is 2.02. The number of hydrogen-bond acceptors (Lipinski definition) is 3. The van der Waals surface area contributed by atoms with E-state index < -0.39 is 5.60 Å². The maximum atomic E-state index is 12.5. The second kappa shape index (κ2) is 6.24. The van der Waals surface area contributed by atoms with Gasteiger partial charge in [-0.25, -0.2) is 4.79 Å². The van der Waals surface area contributed by atoms with Crippen molar-refractivity contribution in [3.05, 3.63) is 0 Å². The van der Waals surface area contributed by atoms with Crippen molar-refractivity contribution in [3.63, 3.8) is 0 Å². The van der Waals surface area contributed by atoms with Crippen LogP contribution < -0.4 is 5.32 Å². The topological polar surface area (TPSA) is 58.6 Å². The number of ether oxygens (including phenoxy) is 1. The Morgan fingerprint density at radius 3 is 2.43 bits per heavy atom. The van der Waals surface area contributed by atoms with Gasteiger partial charge in [0.25, 0.3) is 0 Å². The summed E-state index contributed by atoms with van der Waals surface area (Å²) in [6.07, 6.45) is 4.38. The molecule has 1 saturated heterocycles. The Morgan fingerprint density at radius 1 is 1.19 bits per heavy atom. The zero-order valence-corrected chi connectivity index (χ0v) is 13.6. The van der Waals surface area contributed by atoms with Crippen molar-refractivity contribution < 1.29 is 14.3 Å². The monoisotopic (exact) mass is 296 g/mol. The van der Waals surface area contributed by atoms with Crippen molar-refractivity contribution in [2.75, 3.05) is 6.54 Å². The molecule has 0 bridgehead atoms. The van der Waals surface area contributed by atoms with Crippen LogP contribution >= 0.6 is 0 Å². The van der Waals surface area contributed by atoms with Crippen molar-refractivity contribution in [3.8, 4) is 0 Å². The van der Waals surface area contributed by atoms with Crippen molar-refractivity contribution in [1.82, 2.24) is 10.2 Å². The van der Waals surface area contributed by atoms with E-state index in [1.807, 2.05) is 20.8 Å². The number of carbonyl (C=O) groups excluding carboxylic acids is 2. The van der Waals surface area contributed by atoms with Gasteiger partial charge in [-0.1, -0.05) is 19.8 Å². The minimum absolute atomic E-state index is 0.0166. The van der Waals surface area contributed by atoms with Crippen molar-refractivity contribution in [2.45, 2.75) is 77.5 Å². The number of hydrogen-bond donors (Lipinski definition) is 1. The average Bonchev–Trinajstić information content (AvgIpc) is 3.08. The third-order valence-corrected chi connectivity index (χ3v) is 4.12. The van der Waals surface area contributed by atoms with Crippen LogP contribution in [0.15, 0.2) is 0 Å². The molecule has 0 radical (unpaired) electrons. The van der Waals surface area contributed by atoms with Crippen LogP contribution in [0, 0.1) is 5.92 Å². The van der Waals surface area contributed by atoms with Gasteiger partial charge in [-0.05, 0) is 46.0 Å². The molecule has 5 nitrogen and oxygen atoms in total. The highest BCUT2D eigenvalue weighted by Crippen LogP contribution is 2.30. The molecule has 2 aliphatic rings. The van der Waals surface area contributed by atoms with E-state index in [0.29, 0.717) is 18.5 Å². The largest absolute Gasteiger partial charge is 0.444 e. The molecule has 21 heavy (non-hydrogen) atoms. The minimum atomic E-state index is -0.532. The first-order chi connectivity index (χ1) is 9.78. The van der Waals surface area contributed by atoms with Crippen LogP contribution in [0.5, 0.6) is 0 Å². The van der Waals surface area contributed by atoms with Gasteiger partial charge in [-0.2, -0.15) is 0 Å². The summed E-state index contributed by atoms with van der Waals surface area (Å²) in [5.74, 6) is 0.548. The first kappa shape index (κ1) is 16.1. The summed E-state index contributed by atoms with van der Waals surface area (Å²) in [4.78, 5) is 26.5. The first-order valence-corrected chi connectivity index (χ1v) is 8.08. The molecule has 3 atom stereocenters. The van der Waals surface area contributed by atoms with Crippen LogP contribution in [-0.4, -0.2) is 41.1 Å². The molecular formula is C16H28N2O3. The van der Waals surface area contributed by atoms with Crippen molar-refractivity contribution >= 4 is 12.0 Å². The van der Waals surface area contributed by atoms with Gasteiger partial charge in [0.05, 0.1) is 0 Å². The molecule has 2 fully saturated rings. The van der Waals surface area contributed by atoms with Crippen LogP contribution in [-0.2, 0) is 9.53 Å². The van der Waals surface area contributed by atoms with Gasteiger partial charge in [0, 0.05) is 12.6 Å². The number of carbonyl (C=O) groups is 2. The smallest absolute Gasteiger partial charge is 0.410 e. The van der Waals surface area contributed by atoms with Crippen LogP contribution in [0.25, 0.3) is 0 Å². The summed E-state index contributed by atoms with van der Waals surface area (Å²) in [6, 6.07) is -0.0867. The zero-order valence-electron chi connectivity index (χ0n) is 13.6. The fourth-order valence-corrected chi connectivity index (χ4v) is 2.72. The molecule has 0 unspecified atom stereocenters. The third-order valence-electron chi connectivity index (χ3n) is 4.12. The Morgan fingerprint density at radius 2 is 1.86 bits per heavy atom. The third kappa shape index (κ3) is 4.61. The molecule has 1 aliphatic carbocycles. The van der Waals surface area contributed by atoms with E-state index >= 15 is 0 Å². The van der Waals surface area contributed by atoms with E-state index in [4.69, 9.17) is 4.74 Å². The standard InChI is InChI=1S/C16H28N2O3/c1-11-10-12(11)17-14(19)13-8-6-5-7-9-18(13)15(20)21-16(2,3)4/h11-13H,5-10H2,1-4H3,(H,17,19)/t11-,12-,13-/m1/s1. The van der Waals surface area contributed by atoms with Crippen LogP contribution in [0.2, 0.25) is 0 Å². The van der Waals surface area contributed by atoms with Gasteiger partial charge in [0.1, 0.15) is 11.6 Å². The number of amides is 2. The molecule has 0 aromatic heterocycles. The lowest BCUT2D eigenvalue weighted by Crippen LogP contribution is -2.51. The molecule has 0 aromatic carbocycles. The number of rotatable bonds is 2. The van der Waals surface area contributed by atoms with Crippen LogP contribution in [0.4, 0.5) is 4.79 Å². The molecule has 2 amide bonds. The lowest BCUT2D eigenvalue weighted by molar-refractivity contribution is -0.126. The molecule has 0 aromatic rings. The Hall–Kier alpha value is -1.26. The highest BCUT2D eigenvalue weighted by atomic mass is 16.6. The number of nitrogens with one attached hydrogen (secondary N) is 1. The molecule has 1 N–H and O–H groups in total. The van der Waals surface area contributed by atoms with E-state index in [-0.39, 0.29) is 18.0 Å². The van der Waals surface area contributed by atoms with Crippen molar-refractivity contribution in [2.24, 2.45) is 5.92 Å². The Kier molecular flexibility index (Phi) is 4.79. The predicted octanol–water partition coefficient (Wildman–Crippen LogP) is 2.69. The lowest BCUT2D eigenvalue weighted by Gasteiger charge is -2.31. The van der Waals surface area contributed by atoms with Gasteiger partial charge < -0.3 is 10.1 Å². The minimum Gasteiger partial charge on any atom is -0.444 e. The van der Waals surface area contributed by atoms with E-state index in [1.165, 1.54) is 0 Å². The first-order valence-electron chi connectivity index (χ1n) is 8.08. The quantitative estimate of drug-likeness (QED) is 0.852. The molecule has 1 aliphatic heterocycles. The summed E-state index contributed by atoms with van der Waals surface area (Å²) >= 11 is 0. The molecule has 5 heteroatoms. The molecule has 0 spiro atoms. The van der Waals surface area contributed by atoms with Crippen LogP contribution in [0.1, 0.15) is 59.8 Å². The van der Waals surface area contributed by atoms with Crippen LogP contribution in [0.3, 0.4) is 0 Å². The van der Waals surface area contributed by atoms with E-state index in [0.717, 1.165) is 32.1 Å². The fraction of sp³-hybridized carbons (Fsp3) is 0.875. The summed E-state index contributed by atoms with van der Waals surface area (Å²) in [7, 11) is 0.